The van der Waals surface area contributed by atoms with E-state index in [-0.39, 0.29) is 5.91 Å². The SMILES string of the molecule is CCCC(C)CNC(=O)c1cccc(Cl)c1. The van der Waals surface area contributed by atoms with Crippen LogP contribution in [-0.4, -0.2) is 12.5 Å². The predicted octanol–water partition coefficient (Wildman–Crippen LogP) is 3.51. The van der Waals surface area contributed by atoms with Crippen LogP contribution in [0.4, 0.5) is 0 Å². The predicted molar refractivity (Wildman–Crippen MR) is 67.9 cm³/mol. The van der Waals surface area contributed by atoms with Crippen molar-refractivity contribution in [2.75, 3.05) is 6.54 Å². The fourth-order valence-electron chi connectivity index (χ4n) is 1.59. The highest BCUT2D eigenvalue weighted by atomic mass is 35.5. The summed E-state index contributed by atoms with van der Waals surface area (Å²) >= 11 is 5.82. The van der Waals surface area contributed by atoms with E-state index in [9.17, 15) is 4.79 Å². The Morgan fingerprint density at radius 3 is 2.88 bits per heavy atom. The van der Waals surface area contributed by atoms with Crippen LogP contribution >= 0.6 is 11.6 Å². The van der Waals surface area contributed by atoms with E-state index in [1.54, 1.807) is 24.3 Å². The molecule has 0 fully saturated rings. The lowest BCUT2D eigenvalue weighted by molar-refractivity contribution is 0.0947. The van der Waals surface area contributed by atoms with Crippen LogP contribution < -0.4 is 5.32 Å². The van der Waals surface area contributed by atoms with Crippen LogP contribution in [0, 0.1) is 5.92 Å². The number of hydrogen-bond donors (Lipinski definition) is 1. The topological polar surface area (TPSA) is 29.1 Å². The Bertz CT molecular complexity index is 352. The molecule has 0 radical (unpaired) electrons. The highest BCUT2D eigenvalue weighted by Gasteiger charge is 2.07. The second-order valence-electron chi connectivity index (χ2n) is 4.11. The molecule has 0 spiro atoms. The summed E-state index contributed by atoms with van der Waals surface area (Å²) in [7, 11) is 0. The van der Waals surface area contributed by atoms with Crippen LogP contribution in [0.3, 0.4) is 0 Å². The minimum absolute atomic E-state index is 0.0505. The van der Waals surface area contributed by atoms with Gasteiger partial charge in [-0.2, -0.15) is 0 Å². The molecule has 0 aliphatic rings. The van der Waals surface area contributed by atoms with E-state index in [2.05, 4.69) is 19.2 Å². The van der Waals surface area contributed by atoms with E-state index in [1.807, 2.05) is 0 Å². The summed E-state index contributed by atoms with van der Waals surface area (Å²) in [6.07, 6.45) is 2.28. The normalized spacial score (nSPS) is 12.2. The van der Waals surface area contributed by atoms with E-state index >= 15 is 0 Å². The van der Waals surface area contributed by atoms with Gasteiger partial charge in [-0.1, -0.05) is 37.9 Å². The first kappa shape index (κ1) is 13.0. The molecule has 16 heavy (non-hydrogen) atoms. The minimum Gasteiger partial charge on any atom is -0.352 e. The van der Waals surface area contributed by atoms with Crippen LogP contribution in [0.25, 0.3) is 0 Å². The molecular formula is C13H18ClNO. The van der Waals surface area contributed by atoms with Crippen molar-refractivity contribution in [3.63, 3.8) is 0 Å². The smallest absolute Gasteiger partial charge is 0.251 e. The zero-order valence-electron chi connectivity index (χ0n) is 9.79. The van der Waals surface area contributed by atoms with Crippen molar-refractivity contribution in [1.29, 1.82) is 0 Å². The van der Waals surface area contributed by atoms with Gasteiger partial charge in [0, 0.05) is 17.1 Å². The van der Waals surface area contributed by atoms with Gasteiger partial charge in [-0.15, -0.1) is 0 Å². The molecule has 1 atom stereocenters. The number of nitrogens with one attached hydrogen (secondary N) is 1. The van der Waals surface area contributed by atoms with Crippen LogP contribution in [0.5, 0.6) is 0 Å². The van der Waals surface area contributed by atoms with E-state index in [0.29, 0.717) is 16.5 Å². The Morgan fingerprint density at radius 1 is 1.50 bits per heavy atom. The number of carbonyl (C=O) groups is 1. The molecular weight excluding hydrogens is 222 g/mol. The summed E-state index contributed by atoms with van der Waals surface area (Å²) in [6, 6.07) is 7.00. The highest BCUT2D eigenvalue weighted by Crippen LogP contribution is 2.10. The van der Waals surface area contributed by atoms with Gasteiger partial charge < -0.3 is 5.32 Å². The molecule has 0 saturated heterocycles. The van der Waals surface area contributed by atoms with Gasteiger partial charge in [-0.3, -0.25) is 4.79 Å². The van der Waals surface area contributed by atoms with Crippen LogP contribution in [0.2, 0.25) is 5.02 Å². The molecule has 0 bridgehead atoms. The van der Waals surface area contributed by atoms with Crippen LogP contribution in [0.1, 0.15) is 37.0 Å². The maximum absolute atomic E-state index is 11.7. The Morgan fingerprint density at radius 2 is 2.25 bits per heavy atom. The van der Waals surface area contributed by atoms with Gasteiger partial charge in [0.2, 0.25) is 0 Å². The van der Waals surface area contributed by atoms with E-state index in [1.165, 1.54) is 0 Å². The van der Waals surface area contributed by atoms with Gasteiger partial charge in [0.15, 0.2) is 0 Å². The Hall–Kier alpha value is -1.02. The zero-order valence-corrected chi connectivity index (χ0v) is 10.6. The van der Waals surface area contributed by atoms with Crippen molar-refractivity contribution >= 4 is 17.5 Å². The molecule has 0 aromatic heterocycles. The quantitative estimate of drug-likeness (QED) is 0.837. The molecule has 0 aliphatic heterocycles. The van der Waals surface area contributed by atoms with E-state index < -0.39 is 0 Å². The van der Waals surface area contributed by atoms with Crippen molar-refractivity contribution in [2.24, 2.45) is 5.92 Å². The molecule has 88 valence electrons. The average molecular weight is 240 g/mol. The summed E-state index contributed by atoms with van der Waals surface area (Å²) in [5.41, 5.74) is 0.621. The Labute approximate surface area is 102 Å². The first-order chi connectivity index (χ1) is 7.63. The lowest BCUT2D eigenvalue weighted by atomic mass is 10.1. The van der Waals surface area contributed by atoms with Crippen molar-refractivity contribution in [2.45, 2.75) is 26.7 Å². The van der Waals surface area contributed by atoms with Crippen molar-refractivity contribution < 1.29 is 4.79 Å². The number of amides is 1. The van der Waals surface area contributed by atoms with Gasteiger partial charge in [-0.25, -0.2) is 0 Å². The molecule has 0 aliphatic carbocycles. The minimum atomic E-state index is -0.0505. The van der Waals surface area contributed by atoms with Gasteiger partial charge in [0.1, 0.15) is 0 Å². The van der Waals surface area contributed by atoms with E-state index in [0.717, 1.165) is 19.4 Å². The third-order valence-electron chi connectivity index (χ3n) is 2.48. The van der Waals surface area contributed by atoms with Crippen LogP contribution in [0.15, 0.2) is 24.3 Å². The maximum atomic E-state index is 11.7. The summed E-state index contributed by atoms with van der Waals surface area (Å²) in [6.45, 7) is 5.01. The number of rotatable bonds is 5. The highest BCUT2D eigenvalue weighted by molar-refractivity contribution is 6.30. The first-order valence-corrected chi connectivity index (χ1v) is 6.05. The number of hydrogen-bond acceptors (Lipinski definition) is 1. The zero-order chi connectivity index (χ0) is 12.0. The Balaban J connectivity index is 2.47. The average Bonchev–Trinajstić information content (AvgIpc) is 2.26. The first-order valence-electron chi connectivity index (χ1n) is 5.67. The third kappa shape index (κ3) is 4.23. The largest absolute Gasteiger partial charge is 0.352 e. The molecule has 1 unspecified atom stereocenters. The molecule has 1 aromatic carbocycles. The fraction of sp³-hybridized carbons (Fsp3) is 0.462. The summed E-state index contributed by atoms with van der Waals surface area (Å²) in [5.74, 6) is 0.471. The second kappa shape index (κ2) is 6.54. The number of benzene rings is 1. The lowest BCUT2D eigenvalue weighted by Crippen LogP contribution is -2.28. The molecule has 1 N–H and O–H groups in total. The Kier molecular flexibility index (Phi) is 5.33. The standard InChI is InChI=1S/C13H18ClNO/c1-3-5-10(2)9-15-13(16)11-6-4-7-12(14)8-11/h4,6-8,10H,3,5,9H2,1-2H3,(H,15,16). The molecule has 1 aromatic rings. The summed E-state index contributed by atoms with van der Waals surface area (Å²) in [5, 5.41) is 3.51. The number of carbonyl (C=O) groups excluding carboxylic acids is 1. The molecule has 1 amide bonds. The van der Waals surface area contributed by atoms with Gasteiger partial charge in [-0.05, 0) is 30.5 Å². The monoisotopic (exact) mass is 239 g/mol. The lowest BCUT2D eigenvalue weighted by Gasteiger charge is -2.11. The molecule has 3 heteroatoms. The number of halogens is 1. The van der Waals surface area contributed by atoms with Crippen molar-refractivity contribution in [1.82, 2.24) is 5.32 Å². The molecule has 1 rings (SSSR count). The maximum Gasteiger partial charge on any atom is 0.251 e. The second-order valence-corrected chi connectivity index (χ2v) is 4.55. The molecule has 2 nitrogen and oxygen atoms in total. The third-order valence-corrected chi connectivity index (χ3v) is 2.71. The van der Waals surface area contributed by atoms with Crippen molar-refractivity contribution in [3.8, 4) is 0 Å². The summed E-state index contributed by atoms with van der Waals surface area (Å²) in [4.78, 5) is 11.7. The van der Waals surface area contributed by atoms with Crippen molar-refractivity contribution in [3.05, 3.63) is 34.9 Å². The van der Waals surface area contributed by atoms with Gasteiger partial charge in [0.25, 0.3) is 5.91 Å². The van der Waals surface area contributed by atoms with E-state index in [4.69, 9.17) is 11.6 Å². The molecule has 0 heterocycles. The van der Waals surface area contributed by atoms with Crippen LogP contribution in [-0.2, 0) is 0 Å². The fourth-order valence-corrected chi connectivity index (χ4v) is 1.78. The van der Waals surface area contributed by atoms with Gasteiger partial charge in [0.05, 0.1) is 0 Å². The van der Waals surface area contributed by atoms with Gasteiger partial charge >= 0.3 is 0 Å². The summed E-state index contributed by atoms with van der Waals surface area (Å²) < 4.78 is 0. The molecule has 0 saturated carbocycles.